The van der Waals surface area contributed by atoms with Gasteiger partial charge in [-0.15, -0.1) is 13.2 Å². The number of ketones is 1. The van der Waals surface area contributed by atoms with E-state index in [1.807, 2.05) is 23.7 Å². The van der Waals surface area contributed by atoms with Gasteiger partial charge in [-0.25, -0.2) is 9.97 Å². The smallest absolute Gasteiger partial charge is 0.469 e. The van der Waals surface area contributed by atoms with Crippen molar-refractivity contribution in [3.05, 3.63) is 66.1 Å². The summed E-state index contributed by atoms with van der Waals surface area (Å²) in [4.78, 5) is 21.6. The zero-order valence-electron chi connectivity index (χ0n) is 17.7. The van der Waals surface area contributed by atoms with Gasteiger partial charge in [-0.3, -0.25) is 4.79 Å². The third-order valence-electron chi connectivity index (χ3n) is 5.19. The number of halogens is 3. The van der Waals surface area contributed by atoms with Crippen LogP contribution in [0, 0.1) is 0 Å². The molecule has 0 spiro atoms. The second-order valence-corrected chi connectivity index (χ2v) is 8.55. The minimum absolute atomic E-state index is 0.0125. The van der Waals surface area contributed by atoms with Crippen LogP contribution in [0.2, 0.25) is 0 Å². The van der Waals surface area contributed by atoms with Crippen molar-refractivity contribution >= 4 is 49.4 Å². The molecular weight excluding hydrogens is 469 g/mol. The summed E-state index contributed by atoms with van der Waals surface area (Å²) in [5, 5.41) is 3.58. The molecule has 0 aliphatic carbocycles. The summed E-state index contributed by atoms with van der Waals surface area (Å²) >= 11 is 1.18. The van der Waals surface area contributed by atoms with Gasteiger partial charge in [0.1, 0.15) is 11.5 Å². The molecule has 0 aliphatic heterocycles. The molecule has 0 atom stereocenters. The highest BCUT2D eigenvalue weighted by Crippen LogP contribution is 2.33. The Balaban J connectivity index is 1.35. The van der Waals surface area contributed by atoms with E-state index in [1.54, 1.807) is 24.5 Å². The van der Waals surface area contributed by atoms with E-state index in [0.29, 0.717) is 45.2 Å². The molecule has 0 unspecified atom stereocenters. The first kappa shape index (κ1) is 22.0. The lowest BCUT2D eigenvalue weighted by atomic mass is 10.1. The van der Waals surface area contributed by atoms with Gasteiger partial charge in [0.15, 0.2) is 10.9 Å². The molecular formula is C23H17F3N4O3S. The number of carbonyl (C=O) groups is 1. The van der Waals surface area contributed by atoms with Crippen LogP contribution in [0.3, 0.4) is 0 Å². The summed E-state index contributed by atoms with van der Waals surface area (Å²) in [5.41, 5.74) is 2.54. The van der Waals surface area contributed by atoms with Gasteiger partial charge in [0.25, 0.3) is 0 Å². The quantitative estimate of drug-likeness (QED) is 0.275. The maximum Gasteiger partial charge on any atom is 0.573 e. The average molecular weight is 486 g/mol. The number of aromatic nitrogens is 3. The minimum Gasteiger partial charge on any atom is -0.469 e. The number of thiazole rings is 1. The lowest BCUT2D eigenvalue weighted by molar-refractivity contribution is -0.274. The molecule has 2 aromatic carbocycles. The number of nitrogens with one attached hydrogen (secondary N) is 1. The summed E-state index contributed by atoms with van der Waals surface area (Å²) < 4.78 is 49.0. The molecule has 1 N–H and O–H groups in total. The van der Waals surface area contributed by atoms with Crippen LogP contribution in [0.4, 0.5) is 24.3 Å². The normalized spacial score (nSPS) is 11.9. The third kappa shape index (κ3) is 4.60. The van der Waals surface area contributed by atoms with Crippen LogP contribution in [0.15, 0.2) is 59.2 Å². The minimum atomic E-state index is -4.76. The Kier molecular flexibility index (Phi) is 5.48. The van der Waals surface area contributed by atoms with Crippen molar-refractivity contribution < 1.29 is 27.1 Å². The molecule has 0 radical (unpaired) electrons. The van der Waals surface area contributed by atoms with Crippen LogP contribution in [-0.2, 0) is 13.5 Å². The van der Waals surface area contributed by atoms with Crippen molar-refractivity contribution in [1.29, 1.82) is 0 Å². The molecule has 7 nitrogen and oxygen atoms in total. The van der Waals surface area contributed by atoms with Gasteiger partial charge in [0, 0.05) is 31.5 Å². The molecule has 0 amide bonds. The fourth-order valence-electron chi connectivity index (χ4n) is 3.57. The number of anilines is 2. The number of ether oxygens (including phenoxy) is 1. The Morgan fingerprint density at radius 2 is 2.00 bits per heavy atom. The number of nitrogens with zero attached hydrogens (tertiary/aromatic N) is 3. The summed E-state index contributed by atoms with van der Waals surface area (Å²) in [7, 11) is 1.82. The number of alkyl halides is 3. The van der Waals surface area contributed by atoms with Crippen molar-refractivity contribution in [2.75, 3.05) is 5.32 Å². The zero-order valence-corrected chi connectivity index (χ0v) is 18.5. The number of Topliss-reactive ketones (excluding diaryl/α,β-unsaturated/α-hetero) is 1. The van der Waals surface area contributed by atoms with Crippen LogP contribution < -0.4 is 10.1 Å². The van der Waals surface area contributed by atoms with Crippen LogP contribution in [0.25, 0.3) is 21.3 Å². The number of benzene rings is 2. The maximum absolute atomic E-state index is 12.6. The predicted octanol–water partition coefficient (Wildman–Crippen LogP) is 6.23. The highest BCUT2D eigenvalue weighted by atomic mass is 32.1. The highest BCUT2D eigenvalue weighted by molar-refractivity contribution is 7.22. The molecule has 0 fully saturated rings. The molecule has 5 rings (SSSR count). The molecule has 174 valence electrons. The van der Waals surface area contributed by atoms with E-state index in [4.69, 9.17) is 4.42 Å². The molecule has 34 heavy (non-hydrogen) atoms. The van der Waals surface area contributed by atoms with Gasteiger partial charge in [0.2, 0.25) is 5.95 Å². The molecule has 0 bridgehead atoms. The zero-order chi connectivity index (χ0) is 23.9. The Morgan fingerprint density at radius 3 is 2.76 bits per heavy atom. The SMILES string of the molecule is Cn1c(Nc2nc3ccc(OC(F)(F)F)cc3s2)nc2cc(C(=O)CCc3ccco3)ccc21. The Bertz CT molecular complexity index is 1490. The number of rotatable bonds is 7. The summed E-state index contributed by atoms with van der Waals surface area (Å²) in [5.74, 6) is 0.927. The summed E-state index contributed by atoms with van der Waals surface area (Å²) in [6, 6.07) is 12.9. The van der Waals surface area contributed by atoms with E-state index in [1.165, 1.54) is 29.5 Å². The summed E-state index contributed by atoms with van der Waals surface area (Å²) in [6.45, 7) is 0. The lowest BCUT2D eigenvalue weighted by Gasteiger charge is -2.07. The first-order valence-electron chi connectivity index (χ1n) is 10.2. The molecule has 0 saturated heterocycles. The van der Waals surface area contributed by atoms with Gasteiger partial charge in [0.05, 0.1) is 27.5 Å². The van der Waals surface area contributed by atoms with Crippen molar-refractivity contribution in [2.45, 2.75) is 19.2 Å². The molecule has 0 aliphatic rings. The number of hydrogen-bond donors (Lipinski definition) is 1. The van der Waals surface area contributed by atoms with E-state index in [-0.39, 0.29) is 11.5 Å². The van der Waals surface area contributed by atoms with Crippen molar-refractivity contribution in [2.24, 2.45) is 7.05 Å². The molecule has 5 aromatic rings. The highest BCUT2D eigenvalue weighted by Gasteiger charge is 2.31. The fourth-order valence-corrected chi connectivity index (χ4v) is 4.46. The Morgan fingerprint density at radius 1 is 1.15 bits per heavy atom. The maximum atomic E-state index is 12.6. The van der Waals surface area contributed by atoms with Crippen molar-refractivity contribution in [3.8, 4) is 5.75 Å². The van der Waals surface area contributed by atoms with Crippen molar-refractivity contribution in [3.63, 3.8) is 0 Å². The van der Waals surface area contributed by atoms with E-state index in [9.17, 15) is 18.0 Å². The Labute approximate surface area is 194 Å². The van der Waals surface area contributed by atoms with Crippen molar-refractivity contribution in [1.82, 2.24) is 14.5 Å². The second kappa shape index (κ2) is 8.49. The number of aryl methyl sites for hydroxylation is 2. The van der Waals surface area contributed by atoms with Gasteiger partial charge in [-0.05, 0) is 42.5 Å². The van der Waals surface area contributed by atoms with Gasteiger partial charge >= 0.3 is 6.36 Å². The number of fused-ring (bicyclic) bond motifs is 2. The van der Waals surface area contributed by atoms with Gasteiger partial charge < -0.3 is 19.0 Å². The predicted molar refractivity (Wildman–Crippen MR) is 122 cm³/mol. The second-order valence-electron chi connectivity index (χ2n) is 7.52. The Hall–Kier alpha value is -3.86. The van der Waals surface area contributed by atoms with E-state index < -0.39 is 6.36 Å². The van der Waals surface area contributed by atoms with Crippen LogP contribution in [0.1, 0.15) is 22.5 Å². The van der Waals surface area contributed by atoms with E-state index in [0.717, 1.165) is 11.3 Å². The molecule has 11 heteroatoms. The third-order valence-corrected chi connectivity index (χ3v) is 6.13. The van der Waals surface area contributed by atoms with Crippen LogP contribution in [0.5, 0.6) is 5.75 Å². The van der Waals surface area contributed by atoms with Crippen LogP contribution in [-0.4, -0.2) is 26.7 Å². The van der Waals surface area contributed by atoms with Gasteiger partial charge in [-0.2, -0.15) is 0 Å². The van der Waals surface area contributed by atoms with Crippen LogP contribution >= 0.6 is 11.3 Å². The average Bonchev–Trinajstić information content (AvgIpc) is 3.50. The largest absolute Gasteiger partial charge is 0.573 e. The monoisotopic (exact) mass is 486 g/mol. The fraction of sp³-hybridized carbons (Fsp3) is 0.174. The molecule has 0 saturated carbocycles. The van der Waals surface area contributed by atoms with Gasteiger partial charge in [-0.1, -0.05) is 11.3 Å². The molecule has 3 aromatic heterocycles. The number of furan rings is 1. The molecule has 3 heterocycles. The number of hydrogen-bond acceptors (Lipinski definition) is 7. The van der Waals surface area contributed by atoms with E-state index >= 15 is 0 Å². The summed E-state index contributed by atoms with van der Waals surface area (Å²) in [6.07, 6.45) is -2.34. The number of carbonyl (C=O) groups excluding carboxylic acids is 1. The standard InChI is InChI=1S/C23H17F3N4O3S/c1-30-18-8-4-13(19(31)9-6-14-3-2-10-32-14)11-17(18)27-21(30)29-22-28-16-7-5-15(12-20(16)34-22)33-23(24,25)26/h2-5,7-8,10-12H,6,9H2,1H3,(H,27,28,29). The van der Waals surface area contributed by atoms with E-state index in [2.05, 4.69) is 20.0 Å². The topological polar surface area (TPSA) is 82.2 Å². The first-order valence-corrected chi connectivity index (χ1v) is 11.0. The first-order chi connectivity index (χ1) is 16.2. The lowest BCUT2D eigenvalue weighted by Crippen LogP contribution is -2.16. The number of imidazole rings is 1.